The summed E-state index contributed by atoms with van der Waals surface area (Å²) >= 11 is 0. The summed E-state index contributed by atoms with van der Waals surface area (Å²) in [6.45, 7) is 0.384. The molecule has 6 heteroatoms. The molecule has 0 unspecified atom stereocenters. The fraction of sp³-hybridized carbons (Fsp3) is 0.278. The number of nitrogens with one attached hydrogen (secondary N) is 1. The van der Waals surface area contributed by atoms with E-state index in [1.54, 1.807) is 36.5 Å². The molecule has 0 aliphatic heterocycles. The number of carbonyl (C=O) groups is 1. The lowest BCUT2D eigenvalue weighted by Gasteiger charge is -2.07. The van der Waals surface area contributed by atoms with Crippen LogP contribution in [-0.4, -0.2) is 27.0 Å². The van der Waals surface area contributed by atoms with Gasteiger partial charge in [0.25, 0.3) is 5.91 Å². The molecule has 122 valence electrons. The van der Waals surface area contributed by atoms with Gasteiger partial charge >= 0.3 is 0 Å². The van der Waals surface area contributed by atoms with Gasteiger partial charge in [-0.15, -0.1) is 10.2 Å². The maximum absolute atomic E-state index is 13.6. The minimum absolute atomic E-state index is 0.177. The summed E-state index contributed by atoms with van der Waals surface area (Å²) in [5.41, 5.74) is 1.90. The average molecular weight is 324 g/mol. The zero-order chi connectivity index (χ0) is 16.5. The number of benzene rings is 1. The maximum Gasteiger partial charge on any atom is 0.252 e. The molecule has 1 fully saturated rings. The number of aromatic nitrogens is 3. The number of pyridine rings is 1. The van der Waals surface area contributed by atoms with E-state index < -0.39 is 0 Å². The lowest BCUT2D eigenvalue weighted by molar-refractivity contribution is 0.0953. The van der Waals surface area contributed by atoms with Gasteiger partial charge in [-0.05, 0) is 43.0 Å². The molecule has 3 aromatic rings. The number of carbonyl (C=O) groups excluding carboxylic acids is 1. The molecule has 0 saturated heterocycles. The van der Waals surface area contributed by atoms with Gasteiger partial charge < -0.3 is 5.32 Å². The highest BCUT2D eigenvalue weighted by atomic mass is 19.1. The van der Waals surface area contributed by atoms with Crippen LogP contribution in [0.4, 0.5) is 4.39 Å². The number of rotatable bonds is 5. The van der Waals surface area contributed by atoms with Crippen LogP contribution < -0.4 is 5.32 Å². The van der Waals surface area contributed by atoms with E-state index >= 15 is 0 Å². The molecule has 1 N–H and O–H groups in total. The predicted molar refractivity (Wildman–Crippen MR) is 87.4 cm³/mol. The van der Waals surface area contributed by atoms with Gasteiger partial charge in [-0.25, -0.2) is 4.39 Å². The van der Waals surface area contributed by atoms with E-state index in [4.69, 9.17) is 0 Å². The van der Waals surface area contributed by atoms with E-state index in [-0.39, 0.29) is 11.7 Å². The second-order valence-electron chi connectivity index (χ2n) is 6.08. The van der Waals surface area contributed by atoms with Gasteiger partial charge in [-0.2, -0.15) is 0 Å². The third kappa shape index (κ3) is 2.87. The first-order valence-corrected chi connectivity index (χ1v) is 8.08. The number of amides is 1. The van der Waals surface area contributed by atoms with Crippen LogP contribution in [0.1, 0.15) is 40.5 Å². The molecule has 24 heavy (non-hydrogen) atoms. The average Bonchev–Trinajstić information content (AvgIpc) is 3.35. The SMILES string of the molecule is O=C(NCCc1ccccc1F)c1ccc2nnc(C3CC3)n2c1. The van der Waals surface area contributed by atoms with Gasteiger partial charge in [0.1, 0.15) is 11.6 Å². The minimum atomic E-state index is -0.244. The maximum atomic E-state index is 13.6. The van der Waals surface area contributed by atoms with Crippen molar-refractivity contribution in [2.24, 2.45) is 0 Å². The van der Waals surface area contributed by atoms with Gasteiger partial charge in [-0.1, -0.05) is 18.2 Å². The van der Waals surface area contributed by atoms with Crippen LogP contribution in [-0.2, 0) is 6.42 Å². The van der Waals surface area contributed by atoms with Gasteiger partial charge in [-0.3, -0.25) is 9.20 Å². The van der Waals surface area contributed by atoms with Crippen molar-refractivity contribution in [3.63, 3.8) is 0 Å². The summed E-state index contributed by atoms with van der Waals surface area (Å²) in [6, 6.07) is 10.1. The molecule has 2 heterocycles. The molecule has 1 amide bonds. The molecule has 1 aliphatic rings. The van der Waals surface area contributed by atoms with Crippen LogP contribution in [0.25, 0.3) is 5.65 Å². The molecule has 2 aromatic heterocycles. The second kappa shape index (κ2) is 6.03. The predicted octanol–water partition coefficient (Wildman–Crippen LogP) is 2.72. The van der Waals surface area contributed by atoms with Gasteiger partial charge in [0.05, 0.1) is 5.56 Å². The molecule has 5 nitrogen and oxygen atoms in total. The molecule has 1 aliphatic carbocycles. The van der Waals surface area contributed by atoms with Crippen LogP contribution >= 0.6 is 0 Å². The van der Waals surface area contributed by atoms with E-state index in [0.717, 1.165) is 24.3 Å². The van der Waals surface area contributed by atoms with Crippen molar-refractivity contribution in [2.45, 2.75) is 25.2 Å². The zero-order valence-corrected chi connectivity index (χ0v) is 13.1. The monoisotopic (exact) mass is 324 g/mol. The Hall–Kier alpha value is -2.76. The zero-order valence-electron chi connectivity index (χ0n) is 13.1. The first kappa shape index (κ1) is 14.8. The molecule has 4 rings (SSSR count). The van der Waals surface area contributed by atoms with Gasteiger partial charge in [0.15, 0.2) is 5.65 Å². The van der Waals surface area contributed by atoms with Crippen LogP contribution in [0.2, 0.25) is 0 Å². The normalized spacial score (nSPS) is 14.0. The highest BCUT2D eigenvalue weighted by molar-refractivity contribution is 5.94. The van der Waals surface area contributed by atoms with Crippen molar-refractivity contribution in [3.05, 3.63) is 65.4 Å². The van der Waals surface area contributed by atoms with Gasteiger partial charge in [0, 0.05) is 18.7 Å². The lowest BCUT2D eigenvalue weighted by atomic mass is 10.1. The van der Waals surface area contributed by atoms with Crippen molar-refractivity contribution >= 4 is 11.6 Å². The van der Waals surface area contributed by atoms with E-state index in [9.17, 15) is 9.18 Å². The third-order valence-electron chi connectivity index (χ3n) is 4.27. The summed E-state index contributed by atoms with van der Waals surface area (Å²) in [5.74, 6) is 0.959. The molecule has 1 aromatic carbocycles. The highest BCUT2D eigenvalue weighted by Crippen LogP contribution is 2.38. The fourth-order valence-corrected chi connectivity index (χ4v) is 2.78. The summed E-state index contributed by atoms with van der Waals surface area (Å²) in [6.07, 6.45) is 4.49. The Balaban J connectivity index is 1.45. The molecule has 1 saturated carbocycles. The number of halogens is 1. The Bertz CT molecular complexity index is 901. The standard InChI is InChI=1S/C18H17FN4O/c19-15-4-2-1-3-12(15)9-10-20-18(24)14-7-8-16-21-22-17(13-5-6-13)23(16)11-14/h1-4,7-8,11,13H,5-6,9-10H2,(H,20,24). The molecule has 0 bridgehead atoms. The first-order chi connectivity index (χ1) is 11.7. The fourth-order valence-electron chi connectivity index (χ4n) is 2.78. The molecular weight excluding hydrogens is 307 g/mol. The van der Waals surface area contributed by atoms with Crippen LogP contribution in [0, 0.1) is 5.82 Å². The molecule has 0 radical (unpaired) electrons. The Morgan fingerprint density at radius 2 is 2.04 bits per heavy atom. The van der Waals surface area contributed by atoms with Crippen LogP contribution in [0.5, 0.6) is 0 Å². The van der Waals surface area contributed by atoms with Crippen molar-refractivity contribution in [1.82, 2.24) is 19.9 Å². The smallest absolute Gasteiger partial charge is 0.252 e. The van der Waals surface area contributed by atoms with E-state index in [1.165, 1.54) is 6.07 Å². The van der Waals surface area contributed by atoms with Crippen molar-refractivity contribution < 1.29 is 9.18 Å². The summed E-state index contributed by atoms with van der Waals surface area (Å²) in [4.78, 5) is 12.3. The van der Waals surface area contributed by atoms with Crippen molar-refractivity contribution in [2.75, 3.05) is 6.54 Å². The highest BCUT2D eigenvalue weighted by Gasteiger charge is 2.28. The topological polar surface area (TPSA) is 59.3 Å². The second-order valence-corrected chi connectivity index (χ2v) is 6.08. The van der Waals surface area contributed by atoms with Crippen molar-refractivity contribution in [1.29, 1.82) is 0 Å². The Labute approximate surface area is 138 Å². The third-order valence-corrected chi connectivity index (χ3v) is 4.27. The van der Waals surface area contributed by atoms with E-state index in [1.807, 2.05) is 4.40 Å². The summed E-state index contributed by atoms with van der Waals surface area (Å²) in [7, 11) is 0. The first-order valence-electron chi connectivity index (χ1n) is 8.08. The number of fused-ring (bicyclic) bond motifs is 1. The molecular formula is C18H17FN4O. The van der Waals surface area contributed by atoms with Crippen LogP contribution in [0.3, 0.4) is 0 Å². The minimum Gasteiger partial charge on any atom is -0.352 e. The summed E-state index contributed by atoms with van der Waals surface area (Å²) < 4.78 is 15.5. The van der Waals surface area contributed by atoms with Crippen LogP contribution in [0.15, 0.2) is 42.6 Å². The summed E-state index contributed by atoms with van der Waals surface area (Å²) in [5, 5.41) is 11.2. The largest absolute Gasteiger partial charge is 0.352 e. The Morgan fingerprint density at radius 1 is 1.21 bits per heavy atom. The molecule has 0 atom stereocenters. The molecule has 0 spiro atoms. The number of nitrogens with zero attached hydrogens (tertiary/aromatic N) is 3. The van der Waals surface area contributed by atoms with E-state index in [2.05, 4.69) is 15.5 Å². The van der Waals surface area contributed by atoms with E-state index in [0.29, 0.717) is 30.0 Å². The van der Waals surface area contributed by atoms with Crippen molar-refractivity contribution in [3.8, 4) is 0 Å². The Kier molecular flexibility index (Phi) is 3.72. The number of hydrogen-bond acceptors (Lipinski definition) is 3. The lowest BCUT2D eigenvalue weighted by Crippen LogP contribution is -2.26. The quantitative estimate of drug-likeness (QED) is 0.785. The Morgan fingerprint density at radius 3 is 2.83 bits per heavy atom. The van der Waals surface area contributed by atoms with Gasteiger partial charge in [0.2, 0.25) is 0 Å². The number of hydrogen-bond donors (Lipinski definition) is 1.